The van der Waals surface area contributed by atoms with Crippen molar-refractivity contribution >= 4 is 13.7 Å². The second kappa shape index (κ2) is 57.9. The number of hydrogen-bond donors (Lipinski definition) is 2. The molecule has 0 aliphatic heterocycles. The zero-order valence-corrected chi connectivity index (χ0v) is 52.2. The molecule has 0 aliphatic rings. The molecule has 448 valence electrons. The first-order chi connectivity index (χ1) is 36.5. The van der Waals surface area contributed by atoms with Gasteiger partial charge in [0.1, 0.15) is 13.2 Å². The Hall–Kier alpha value is -0.760. The van der Waals surface area contributed by atoms with Gasteiger partial charge >= 0.3 is 0 Å². The van der Waals surface area contributed by atoms with Crippen LogP contribution in [0.1, 0.15) is 354 Å². The number of nitrogens with one attached hydrogen (secondary N) is 1. The van der Waals surface area contributed by atoms with Gasteiger partial charge in [0.2, 0.25) is 5.91 Å². The van der Waals surface area contributed by atoms with Crippen molar-refractivity contribution in [2.24, 2.45) is 0 Å². The maximum atomic E-state index is 13.0. The summed E-state index contributed by atoms with van der Waals surface area (Å²) in [4.78, 5) is 25.5. The van der Waals surface area contributed by atoms with Crippen molar-refractivity contribution in [2.75, 3.05) is 40.9 Å². The normalized spacial score (nSPS) is 13.7. The lowest BCUT2D eigenvalue weighted by Gasteiger charge is -2.29. The minimum Gasteiger partial charge on any atom is -0.756 e. The summed E-state index contributed by atoms with van der Waals surface area (Å²) in [6.45, 7) is 4.70. The summed E-state index contributed by atoms with van der Waals surface area (Å²) in [6, 6.07) is -0.882. The van der Waals surface area contributed by atoms with Crippen LogP contribution < -0.4 is 10.2 Å². The van der Waals surface area contributed by atoms with Crippen molar-refractivity contribution in [3.63, 3.8) is 0 Å². The van der Waals surface area contributed by atoms with E-state index >= 15 is 0 Å². The summed E-state index contributed by atoms with van der Waals surface area (Å²) in [5, 5.41) is 13.9. The van der Waals surface area contributed by atoms with E-state index in [2.05, 4.69) is 19.2 Å². The number of aliphatic hydroxyl groups excluding tert-OH is 1. The van der Waals surface area contributed by atoms with Crippen LogP contribution in [0.2, 0.25) is 0 Å². The number of unbranched alkanes of at least 4 members (excludes halogenated alkanes) is 50. The lowest BCUT2D eigenvalue weighted by molar-refractivity contribution is -0.870. The van der Waals surface area contributed by atoms with Crippen LogP contribution in [0, 0.1) is 0 Å². The third-order valence-corrected chi connectivity index (χ3v) is 16.7. The van der Waals surface area contributed by atoms with E-state index in [1.807, 2.05) is 27.2 Å². The molecule has 2 N–H and O–H groups in total. The van der Waals surface area contributed by atoms with Crippen molar-refractivity contribution in [3.05, 3.63) is 12.2 Å². The van der Waals surface area contributed by atoms with Crippen LogP contribution in [0.4, 0.5) is 0 Å². The summed E-state index contributed by atoms with van der Waals surface area (Å²) >= 11 is 0. The highest BCUT2D eigenvalue weighted by Gasteiger charge is 2.23. The summed E-state index contributed by atoms with van der Waals surface area (Å²) in [7, 11) is 1.28. The zero-order chi connectivity index (χ0) is 54.9. The number of carbonyl (C=O) groups excluding carboxylic acids is 1. The third-order valence-electron chi connectivity index (χ3n) is 15.7. The van der Waals surface area contributed by atoms with E-state index in [4.69, 9.17) is 9.05 Å². The van der Waals surface area contributed by atoms with E-state index < -0.39 is 20.0 Å². The molecule has 3 atom stereocenters. The Bertz CT molecular complexity index is 1230. The minimum atomic E-state index is -4.59. The first-order valence-electron chi connectivity index (χ1n) is 33.6. The summed E-state index contributed by atoms with van der Waals surface area (Å²) in [5.41, 5.74) is 0. The number of phosphoric ester groups is 1. The first kappa shape index (κ1) is 74.2. The second-order valence-corrected chi connectivity index (χ2v) is 26.0. The average Bonchev–Trinajstić information content (AvgIpc) is 3.37. The van der Waals surface area contributed by atoms with Crippen LogP contribution in [0.15, 0.2) is 12.2 Å². The van der Waals surface area contributed by atoms with E-state index in [1.54, 1.807) is 6.08 Å². The van der Waals surface area contributed by atoms with Crippen molar-refractivity contribution in [2.45, 2.75) is 366 Å². The van der Waals surface area contributed by atoms with Gasteiger partial charge in [0, 0.05) is 6.42 Å². The maximum absolute atomic E-state index is 13.0. The molecule has 3 unspecified atom stereocenters. The molecule has 0 aromatic heterocycles. The summed E-state index contributed by atoms with van der Waals surface area (Å²) < 4.78 is 23.4. The Morgan fingerprint density at radius 1 is 0.453 bits per heavy atom. The predicted octanol–water partition coefficient (Wildman–Crippen LogP) is 20.3. The van der Waals surface area contributed by atoms with Crippen molar-refractivity contribution in [1.82, 2.24) is 5.32 Å². The number of amides is 1. The van der Waals surface area contributed by atoms with Crippen LogP contribution in [0.25, 0.3) is 0 Å². The summed E-state index contributed by atoms with van der Waals surface area (Å²) in [6.07, 6.45) is 73.4. The van der Waals surface area contributed by atoms with E-state index in [0.29, 0.717) is 17.4 Å². The van der Waals surface area contributed by atoms with Crippen molar-refractivity contribution in [1.29, 1.82) is 0 Å². The second-order valence-electron chi connectivity index (χ2n) is 24.5. The zero-order valence-electron chi connectivity index (χ0n) is 51.3. The number of rotatable bonds is 63. The van der Waals surface area contributed by atoms with E-state index in [1.165, 1.54) is 295 Å². The molecule has 0 bridgehead atoms. The monoisotopic (exact) mass is 1080 g/mol. The molecular formula is C66H133N2O6P. The number of allylic oxidation sites excluding steroid dienone is 1. The molecule has 1 amide bonds. The van der Waals surface area contributed by atoms with Gasteiger partial charge in [0.15, 0.2) is 0 Å². The van der Waals surface area contributed by atoms with Gasteiger partial charge in [0.05, 0.1) is 39.9 Å². The van der Waals surface area contributed by atoms with Crippen molar-refractivity contribution in [3.8, 4) is 0 Å². The predicted molar refractivity (Wildman–Crippen MR) is 326 cm³/mol. The molecule has 0 aromatic rings. The molecule has 9 heteroatoms. The number of hydrogen-bond acceptors (Lipinski definition) is 6. The van der Waals surface area contributed by atoms with Gasteiger partial charge in [-0.3, -0.25) is 9.36 Å². The molecule has 8 nitrogen and oxygen atoms in total. The lowest BCUT2D eigenvalue weighted by Crippen LogP contribution is -2.45. The number of carbonyl (C=O) groups is 1. The molecule has 0 spiro atoms. The fraction of sp³-hybridized carbons (Fsp3) is 0.955. The van der Waals surface area contributed by atoms with Gasteiger partial charge in [0.25, 0.3) is 7.82 Å². The van der Waals surface area contributed by atoms with Gasteiger partial charge in [-0.1, -0.05) is 341 Å². The van der Waals surface area contributed by atoms with Crippen LogP contribution in [0.5, 0.6) is 0 Å². The van der Waals surface area contributed by atoms with E-state index in [9.17, 15) is 19.4 Å². The number of aliphatic hydroxyl groups is 1. The molecule has 0 radical (unpaired) electrons. The largest absolute Gasteiger partial charge is 0.756 e. The van der Waals surface area contributed by atoms with Gasteiger partial charge in [-0.2, -0.15) is 0 Å². The third kappa shape index (κ3) is 60.7. The number of nitrogens with zero attached hydrogens (tertiary/aromatic N) is 1. The molecule has 0 fully saturated rings. The first-order valence-corrected chi connectivity index (χ1v) is 35.0. The standard InChI is InChI=1S/C66H133N2O6P/c1-6-8-10-12-14-16-18-20-22-24-25-26-27-28-29-30-31-32-33-34-35-36-37-38-39-40-41-42-43-44-46-48-50-52-54-56-58-60-66(70)67-64(63-74-75(71,72)73-62-61-68(3,4)5)65(69)59-57-55-53-51-49-47-45-23-21-19-17-15-13-11-9-7-2/h57,59,64-65,69H,6-56,58,60-63H2,1-5H3,(H-,67,70,71,72)/b59-57+. The number of likely N-dealkylation sites (N-methyl/N-ethyl adjacent to an activating group) is 1. The summed E-state index contributed by atoms with van der Waals surface area (Å²) in [5.74, 6) is -0.189. The molecule has 0 aromatic carbocycles. The minimum absolute atomic E-state index is 0.00270. The van der Waals surface area contributed by atoms with Gasteiger partial charge < -0.3 is 28.8 Å². The topological polar surface area (TPSA) is 108 Å². The molecule has 0 rings (SSSR count). The van der Waals surface area contributed by atoms with Crippen molar-refractivity contribution < 1.29 is 32.9 Å². The Morgan fingerprint density at radius 2 is 0.720 bits per heavy atom. The Kier molecular flexibility index (Phi) is 57.3. The highest BCUT2D eigenvalue weighted by atomic mass is 31.2. The fourth-order valence-corrected chi connectivity index (χ4v) is 11.2. The molecule has 0 saturated carbocycles. The van der Waals surface area contributed by atoms with Crippen LogP contribution >= 0.6 is 7.82 Å². The lowest BCUT2D eigenvalue weighted by atomic mass is 10.0. The fourth-order valence-electron chi connectivity index (χ4n) is 10.5. The maximum Gasteiger partial charge on any atom is 0.268 e. The Morgan fingerprint density at radius 3 is 1.00 bits per heavy atom. The highest BCUT2D eigenvalue weighted by molar-refractivity contribution is 7.45. The molecular weight excluding hydrogens is 948 g/mol. The quantitative estimate of drug-likeness (QED) is 0.0272. The molecule has 0 saturated heterocycles. The van der Waals surface area contributed by atoms with Gasteiger partial charge in [-0.15, -0.1) is 0 Å². The van der Waals surface area contributed by atoms with Gasteiger partial charge in [-0.05, 0) is 19.3 Å². The van der Waals surface area contributed by atoms with Gasteiger partial charge in [-0.25, -0.2) is 0 Å². The van der Waals surface area contributed by atoms with Crippen LogP contribution in [0.3, 0.4) is 0 Å². The highest BCUT2D eigenvalue weighted by Crippen LogP contribution is 2.38. The smallest absolute Gasteiger partial charge is 0.268 e. The Balaban J connectivity index is 3.89. The van der Waals surface area contributed by atoms with Crippen LogP contribution in [-0.2, 0) is 18.4 Å². The molecule has 75 heavy (non-hydrogen) atoms. The van der Waals surface area contributed by atoms with E-state index in [-0.39, 0.29) is 19.1 Å². The number of phosphoric acid groups is 1. The Labute approximate surface area is 469 Å². The van der Waals surface area contributed by atoms with Crippen LogP contribution in [-0.4, -0.2) is 68.5 Å². The number of quaternary nitrogens is 1. The van der Waals surface area contributed by atoms with E-state index in [0.717, 1.165) is 38.5 Å². The average molecular weight is 1080 g/mol. The molecule has 0 heterocycles. The molecule has 0 aliphatic carbocycles. The SMILES string of the molecule is CCCCCCCCCCCCCCCC/C=C/C(O)C(COP(=O)([O-])OCC[N+](C)(C)C)NC(=O)CCCCCCCCCCCCCCCCCCCCCCCCCCCCCCCCCCCCCCC.